The maximum Gasteiger partial charge on any atom is 0.535 e. The van der Waals surface area contributed by atoms with Crippen LogP contribution in [0.4, 0.5) is 9.59 Å². The van der Waals surface area contributed by atoms with Crippen molar-refractivity contribution in [2.45, 2.75) is 0 Å². The fourth-order valence-electron chi connectivity index (χ4n) is 1.68. The average molecular weight is 340 g/mol. The third-order valence-electron chi connectivity index (χ3n) is 2.68. The summed E-state index contributed by atoms with van der Waals surface area (Å²) < 4.78 is 30.2. The first-order valence-electron chi connectivity index (χ1n) is 6.62. The molecule has 2 aliphatic rings. The summed E-state index contributed by atoms with van der Waals surface area (Å²) >= 11 is 0. The van der Waals surface area contributed by atoms with Gasteiger partial charge in [-0.05, 0) is 0 Å². The normalized spacial score (nSPS) is 20.4. The highest BCUT2D eigenvalue weighted by atomic mass is 31.1. The molecule has 0 saturated carbocycles. The van der Waals surface area contributed by atoms with Crippen LogP contribution in [0, 0.1) is 0 Å². The summed E-state index contributed by atoms with van der Waals surface area (Å²) in [7, 11) is -3.40. The first-order valence-corrected chi connectivity index (χ1v) is 7.85. The van der Waals surface area contributed by atoms with E-state index >= 15 is 0 Å². The Morgan fingerprint density at radius 3 is 1.50 bits per heavy atom. The van der Waals surface area contributed by atoms with Crippen molar-refractivity contribution in [3.63, 3.8) is 0 Å². The Morgan fingerprint density at radius 1 is 0.773 bits per heavy atom. The minimum Gasteiger partial charge on any atom is -0.379 e. The van der Waals surface area contributed by atoms with Crippen LogP contribution < -0.4 is 0 Å². The average Bonchev–Trinajstić information content (AvgIpc) is 2.48. The molecule has 11 nitrogen and oxygen atoms in total. The minimum atomic E-state index is -3.40. The van der Waals surface area contributed by atoms with Crippen molar-refractivity contribution in [3.05, 3.63) is 0 Å². The first-order chi connectivity index (χ1) is 10.6. The Kier molecular flexibility index (Phi) is 6.87. The zero-order chi connectivity index (χ0) is 15.8. The largest absolute Gasteiger partial charge is 0.535 e. The van der Waals surface area contributed by atoms with Gasteiger partial charge in [0.15, 0.2) is 0 Å². The SMILES string of the molecule is O=C(ON1CCOCC1)O[PH](=O)OC(=O)ON1CCOCC1. The van der Waals surface area contributed by atoms with Crippen LogP contribution in [0.25, 0.3) is 0 Å². The molecule has 0 amide bonds. The van der Waals surface area contributed by atoms with Gasteiger partial charge in [-0.3, -0.25) is 0 Å². The lowest BCUT2D eigenvalue weighted by atomic mass is 10.5. The van der Waals surface area contributed by atoms with E-state index in [1.165, 1.54) is 10.1 Å². The monoisotopic (exact) mass is 340 g/mol. The molecule has 0 aromatic carbocycles. The zero-order valence-corrected chi connectivity index (χ0v) is 12.7. The molecule has 0 radical (unpaired) electrons. The lowest BCUT2D eigenvalue weighted by Gasteiger charge is -2.24. The van der Waals surface area contributed by atoms with Gasteiger partial charge in [-0.1, -0.05) is 0 Å². The van der Waals surface area contributed by atoms with E-state index in [2.05, 4.69) is 9.05 Å². The van der Waals surface area contributed by atoms with Crippen molar-refractivity contribution in [1.29, 1.82) is 0 Å². The summed E-state index contributed by atoms with van der Waals surface area (Å²) in [5, 5.41) is 2.60. The number of morpholine rings is 2. The maximum absolute atomic E-state index is 11.4. The molecule has 22 heavy (non-hydrogen) atoms. The summed E-state index contributed by atoms with van der Waals surface area (Å²) in [4.78, 5) is 32.2. The summed E-state index contributed by atoms with van der Waals surface area (Å²) in [6.07, 6.45) is -2.44. The van der Waals surface area contributed by atoms with Crippen LogP contribution in [0.15, 0.2) is 0 Å². The van der Waals surface area contributed by atoms with Crippen molar-refractivity contribution < 1.29 is 42.4 Å². The number of hydroxylamine groups is 4. The number of ether oxygens (including phenoxy) is 2. The van der Waals surface area contributed by atoms with Crippen LogP contribution >= 0.6 is 8.25 Å². The molecule has 2 rings (SSSR count). The molecule has 0 bridgehead atoms. The van der Waals surface area contributed by atoms with E-state index in [0.29, 0.717) is 52.6 Å². The molecular formula is C10H17N2O9P. The van der Waals surface area contributed by atoms with E-state index < -0.39 is 20.6 Å². The summed E-state index contributed by atoms with van der Waals surface area (Å²) in [6, 6.07) is 0. The zero-order valence-electron chi connectivity index (χ0n) is 11.7. The van der Waals surface area contributed by atoms with Crippen LogP contribution in [-0.2, 0) is 32.8 Å². The topological polar surface area (TPSA) is 113 Å². The number of carbonyl (C=O) groups excluding carboxylic acids is 2. The Labute approximate surface area is 126 Å². The Hall–Kier alpha value is -1.39. The molecule has 12 heteroatoms. The third kappa shape index (κ3) is 6.16. The predicted octanol–water partition coefficient (Wildman–Crippen LogP) is 0.177. The van der Waals surface area contributed by atoms with Crippen molar-refractivity contribution in [1.82, 2.24) is 10.1 Å². The van der Waals surface area contributed by atoms with Crippen molar-refractivity contribution >= 4 is 20.6 Å². The molecule has 2 fully saturated rings. The molecule has 0 spiro atoms. The van der Waals surface area contributed by atoms with Crippen LogP contribution in [0.5, 0.6) is 0 Å². The second kappa shape index (κ2) is 8.91. The van der Waals surface area contributed by atoms with Gasteiger partial charge in [-0.25, -0.2) is 14.2 Å². The molecule has 0 atom stereocenters. The van der Waals surface area contributed by atoms with Crippen LogP contribution in [-0.4, -0.2) is 75.0 Å². The third-order valence-corrected chi connectivity index (χ3v) is 3.35. The standard InChI is InChI=1S/C10H17N2O9P/c13-9(18-11-1-5-16-6-2-11)20-22(15)21-10(14)19-12-3-7-17-8-4-12/h22H,1-8H2. The van der Waals surface area contributed by atoms with E-state index in [0.717, 1.165) is 0 Å². The van der Waals surface area contributed by atoms with Crippen molar-refractivity contribution in [2.24, 2.45) is 0 Å². The van der Waals surface area contributed by atoms with Gasteiger partial charge in [0.2, 0.25) is 0 Å². The number of rotatable bonds is 4. The number of nitrogens with zero attached hydrogens (tertiary/aromatic N) is 2. The van der Waals surface area contributed by atoms with Gasteiger partial charge < -0.3 is 28.2 Å². The molecular weight excluding hydrogens is 323 g/mol. The highest BCUT2D eigenvalue weighted by Crippen LogP contribution is 2.26. The molecule has 2 saturated heterocycles. The predicted molar refractivity (Wildman–Crippen MR) is 68.9 cm³/mol. The van der Waals surface area contributed by atoms with Gasteiger partial charge >= 0.3 is 20.6 Å². The smallest absolute Gasteiger partial charge is 0.379 e. The molecule has 2 heterocycles. The van der Waals surface area contributed by atoms with Gasteiger partial charge in [-0.2, -0.15) is 0 Å². The number of hydrogen-bond acceptors (Lipinski definition) is 11. The quantitative estimate of drug-likeness (QED) is 0.653. The van der Waals surface area contributed by atoms with Gasteiger partial charge in [0.1, 0.15) is 0 Å². The van der Waals surface area contributed by atoms with E-state index in [4.69, 9.17) is 19.1 Å². The summed E-state index contributed by atoms with van der Waals surface area (Å²) in [5.74, 6) is 0. The summed E-state index contributed by atoms with van der Waals surface area (Å²) in [6.45, 7) is 3.11. The van der Waals surface area contributed by atoms with Gasteiger partial charge in [0, 0.05) is 0 Å². The van der Waals surface area contributed by atoms with Crippen molar-refractivity contribution in [2.75, 3.05) is 52.6 Å². The fraction of sp³-hybridized carbons (Fsp3) is 0.800. The highest BCUT2D eigenvalue weighted by Gasteiger charge is 2.22. The van der Waals surface area contributed by atoms with E-state index in [1.807, 2.05) is 0 Å². The number of carbonyl (C=O) groups is 2. The van der Waals surface area contributed by atoms with E-state index in [9.17, 15) is 14.2 Å². The second-order valence-electron chi connectivity index (χ2n) is 4.22. The first kappa shape index (κ1) is 17.0. The molecule has 0 unspecified atom stereocenters. The molecule has 2 aliphatic heterocycles. The molecule has 0 aliphatic carbocycles. The second-order valence-corrected chi connectivity index (χ2v) is 5.13. The van der Waals surface area contributed by atoms with E-state index in [-0.39, 0.29) is 0 Å². The van der Waals surface area contributed by atoms with Gasteiger partial charge in [0.05, 0.1) is 52.6 Å². The minimum absolute atomic E-state index is 0.371. The Balaban J connectivity index is 1.63. The molecule has 126 valence electrons. The molecule has 0 aromatic rings. The Bertz CT molecular complexity index is 373. The lowest BCUT2D eigenvalue weighted by molar-refractivity contribution is -0.160. The Morgan fingerprint density at radius 2 is 1.14 bits per heavy atom. The molecule has 0 N–H and O–H groups in total. The van der Waals surface area contributed by atoms with Crippen LogP contribution in [0.1, 0.15) is 0 Å². The summed E-state index contributed by atoms with van der Waals surface area (Å²) in [5.41, 5.74) is 0. The fourth-order valence-corrected chi connectivity index (χ4v) is 2.07. The maximum atomic E-state index is 11.4. The lowest BCUT2D eigenvalue weighted by Crippen LogP contribution is -2.38. The van der Waals surface area contributed by atoms with Crippen LogP contribution in [0.2, 0.25) is 0 Å². The van der Waals surface area contributed by atoms with Gasteiger partial charge in [-0.15, -0.1) is 10.1 Å². The van der Waals surface area contributed by atoms with Gasteiger partial charge in [0.25, 0.3) is 0 Å². The van der Waals surface area contributed by atoms with Crippen molar-refractivity contribution in [3.8, 4) is 0 Å². The molecule has 0 aromatic heterocycles. The highest BCUT2D eigenvalue weighted by molar-refractivity contribution is 7.34. The van der Waals surface area contributed by atoms with E-state index in [1.54, 1.807) is 0 Å². The number of hydrogen-bond donors (Lipinski definition) is 0. The van der Waals surface area contributed by atoms with Crippen LogP contribution in [0.3, 0.4) is 0 Å².